The van der Waals surface area contributed by atoms with Crippen LogP contribution in [0, 0.1) is 12.8 Å². The van der Waals surface area contributed by atoms with Crippen molar-refractivity contribution in [3.8, 4) is 22.8 Å². The predicted molar refractivity (Wildman–Crippen MR) is 191 cm³/mol. The van der Waals surface area contributed by atoms with E-state index in [1.807, 2.05) is 85.7 Å². The highest BCUT2D eigenvalue weighted by molar-refractivity contribution is 5.74. The molecule has 0 aliphatic carbocycles. The molecular formula is C39H52N4O7. The van der Waals surface area contributed by atoms with E-state index in [9.17, 15) is 9.59 Å². The van der Waals surface area contributed by atoms with E-state index in [4.69, 9.17) is 28.7 Å². The van der Waals surface area contributed by atoms with Crippen molar-refractivity contribution in [2.75, 3.05) is 38.3 Å². The summed E-state index contributed by atoms with van der Waals surface area (Å²) in [5, 5.41) is 0. The summed E-state index contributed by atoms with van der Waals surface area (Å²) < 4.78 is 29.7. The molecule has 2 atom stereocenters. The molecule has 270 valence electrons. The van der Waals surface area contributed by atoms with Gasteiger partial charge in [-0.1, -0.05) is 18.2 Å². The largest absolute Gasteiger partial charge is 0.496 e. The van der Waals surface area contributed by atoms with E-state index in [0.29, 0.717) is 58.2 Å². The first kappa shape index (κ1) is 36.9. The first-order chi connectivity index (χ1) is 23.7. The zero-order valence-electron chi connectivity index (χ0n) is 31.0. The lowest BCUT2D eigenvalue weighted by atomic mass is 9.93. The Kier molecular flexibility index (Phi) is 11.2. The summed E-state index contributed by atoms with van der Waals surface area (Å²) in [5.74, 6) is 1.45. The van der Waals surface area contributed by atoms with E-state index in [1.165, 1.54) is 0 Å². The molecule has 1 fully saturated rings. The topological polar surface area (TPSA) is 113 Å². The molecule has 50 heavy (non-hydrogen) atoms. The van der Waals surface area contributed by atoms with Gasteiger partial charge in [0, 0.05) is 43.6 Å². The number of piperidine rings is 1. The maximum atomic E-state index is 13.0. The number of aromatic nitrogens is 2. The highest BCUT2D eigenvalue weighted by atomic mass is 16.6. The first-order valence-corrected chi connectivity index (χ1v) is 17.5. The van der Waals surface area contributed by atoms with Crippen LogP contribution in [0.15, 0.2) is 42.6 Å². The van der Waals surface area contributed by atoms with Crippen molar-refractivity contribution in [1.29, 1.82) is 0 Å². The van der Waals surface area contributed by atoms with Gasteiger partial charge >= 0.3 is 12.1 Å². The van der Waals surface area contributed by atoms with Crippen LogP contribution in [0.3, 0.4) is 0 Å². The number of hydrogen-bond donors (Lipinski definition) is 0. The molecule has 5 rings (SSSR count). The third kappa shape index (κ3) is 9.04. The SMILES string of the molecule is CCO[C@@H]1CN(c2nccc(-c3cccc(C)c3OCc3cc4c(c(OC)c3)CN(C(=O)OC(C)(C)C)CC4)n2)CC[C@@H]1C(=O)OC(C)(C)C. The van der Waals surface area contributed by atoms with E-state index in [-0.39, 0.29) is 24.1 Å². The van der Waals surface area contributed by atoms with Crippen molar-refractivity contribution in [1.82, 2.24) is 14.9 Å². The number of ether oxygens (including phenoxy) is 5. The van der Waals surface area contributed by atoms with E-state index in [1.54, 1.807) is 18.2 Å². The molecule has 0 spiro atoms. The molecule has 2 aromatic carbocycles. The molecule has 3 aromatic rings. The van der Waals surface area contributed by atoms with Crippen molar-refractivity contribution >= 4 is 18.0 Å². The number of nitrogens with zero attached hydrogens (tertiary/aromatic N) is 4. The number of hydrogen-bond acceptors (Lipinski definition) is 10. The summed E-state index contributed by atoms with van der Waals surface area (Å²) >= 11 is 0. The van der Waals surface area contributed by atoms with Gasteiger partial charge < -0.3 is 33.5 Å². The van der Waals surface area contributed by atoms with Gasteiger partial charge in [-0.3, -0.25) is 4.79 Å². The van der Waals surface area contributed by atoms with Gasteiger partial charge in [0.1, 0.15) is 29.3 Å². The minimum Gasteiger partial charge on any atom is -0.496 e. The minimum atomic E-state index is -0.562. The van der Waals surface area contributed by atoms with Gasteiger partial charge in [0.2, 0.25) is 5.95 Å². The molecule has 1 amide bonds. The van der Waals surface area contributed by atoms with Crippen LogP contribution in [0.4, 0.5) is 10.7 Å². The fraction of sp³-hybridized carbons (Fsp3) is 0.538. The first-order valence-electron chi connectivity index (χ1n) is 17.5. The predicted octanol–water partition coefficient (Wildman–Crippen LogP) is 6.91. The monoisotopic (exact) mass is 688 g/mol. The molecule has 2 aliphatic heterocycles. The normalized spacial score (nSPS) is 17.9. The Morgan fingerprint density at radius 1 is 1.00 bits per heavy atom. The quantitative estimate of drug-likeness (QED) is 0.220. The van der Waals surface area contributed by atoms with Gasteiger partial charge in [0.05, 0.1) is 31.4 Å². The number of rotatable bonds is 9. The Bertz CT molecular complexity index is 1660. The second kappa shape index (κ2) is 15.2. The average Bonchev–Trinajstić information content (AvgIpc) is 3.05. The zero-order chi connectivity index (χ0) is 36.2. The minimum absolute atomic E-state index is 0.230. The summed E-state index contributed by atoms with van der Waals surface area (Å²) in [6.07, 6.45) is 2.38. The Morgan fingerprint density at radius 3 is 2.46 bits per heavy atom. The van der Waals surface area contributed by atoms with E-state index in [0.717, 1.165) is 45.0 Å². The van der Waals surface area contributed by atoms with Crippen LogP contribution in [0.2, 0.25) is 0 Å². The molecule has 0 bridgehead atoms. The summed E-state index contributed by atoms with van der Waals surface area (Å²) in [6.45, 7) is 18.1. The molecule has 11 nitrogen and oxygen atoms in total. The van der Waals surface area contributed by atoms with Crippen LogP contribution in [0.25, 0.3) is 11.3 Å². The molecule has 0 saturated carbocycles. The van der Waals surface area contributed by atoms with Crippen LogP contribution in [-0.2, 0) is 38.6 Å². The molecular weight excluding hydrogens is 636 g/mol. The van der Waals surface area contributed by atoms with E-state index in [2.05, 4.69) is 16.0 Å². The van der Waals surface area contributed by atoms with Crippen molar-refractivity contribution in [3.63, 3.8) is 0 Å². The van der Waals surface area contributed by atoms with E-state index >= 15 is 0 Å². The zero-order valence-corrected chi connectivity index (χ0v) is 31.0. The average molecular weight is 689 g/mol. The fourth-order valence-electron chi connectivity index (χ4n) is 6.42. The number of aryl methyl sites for hydroxylation is 1. The smallest absolute Gasteiger partial charge is 0.410 e. The lowest BCUT2D eigenvalue weighted by Crippen LogP contribution is -2.49. The second-order valence-corrected chi connectivity index (χ2v) is 14.9. The Labute approximate surface area is 296 Å². The number of esters is 1. The molecule has 3 heterocycles. The fourth-order valence-corrected chi connectivity index (χ4v) is 6.42. The molecule has 1 aromatic heterocycles. The lowest BCUT2D eigenvalue weighted by molar-refractivity contribution is -0.166. The standard InChI is InChI=1S/C39H52N4O7/c1-10-47-33-23-42(19-16-29(33)35(44)49-38(3,4)5)36-40-17-14-31(41-36)28-13-11-12-25(2)34(28)48-24-26-20-27-15-18-43(37(45)50-39(6,7)8)22-30(27)32(21-26)46-9/h11-14,17,20-21,29,33H,10,15-16,18-19,22-24H2,1-9H3/t29-,33+/m0/s1. The van der Waals surface area contributed by atoms with Crippen LogP contribution in [-0.4, -0.2) is 77.6 Å². The summed E-state index contributed by atoms with van der Waals surface area (Å²) in [4.78, 5) is 39.2. The van der Waals surface area contributed by atoms with Crippen LogP contribution in [0.5, 0.6) is 11.5 Å². The van der Waals surface area contributed by atoms with Gasteiger partial charge in [-0.15, -0.1) is 0 Å². The Hall–Kier alpha value is -4.38. The van der Waals surface area contributed by atoms with Crippen LogP contribution >= 0.6 is 0 Å². The Morgan fingerprint density at radius 2 is 1.76 bits per heavy atom. The van der Waals surface area contributed by atoms with Crippen molar-refractivity contribution in [2.24, 2.45) is 5.92 Å². The molecule has 2 aliphatic rings. The number of carbonyl (C=O) groups is 2. The number of amides is 1. The molecule has 0 radical (unpaired) electrons. The number of methoxy groups -OCH3 is 1. The van der Waals surface area contributed by atoms with Crippen molar-refractivity contribution in [3.05, 3.63) is 64.8 Å². The summed E-state index contributed by atoms with van der Waals surface area (Å²) in [6, 6.07) is 12.0. The van der Waals surface area contributed by atoms with Gasteiger partial charge in [0.15, 0.2) is 0 Å². The van der Waals surface area contributed by atoms with Crippen molar-refractivity contribution in [2.45, 2.75) is 98.7 Å². The van der Waals surface area contributed by atoms with Gasteiger partial charge in [-0.2, -0.15) is 0 Å². The lowest BCUT2D eigenvalue weighted by Gasteiger charge is -2.38. The van der Waals surface area contributed by atoms with Crippen molar-refractivity contribution < 1.29 is 33.3 Å². The molecule has 11 heteroatoms. The van der Waals surface area contributed by atoms with Gasteiger partial charge in [0.25, 0.3) is 0 Å². The number of carbonyl (C=O) groups excluding carboxylic acids is 2. The highest BCUT2D eigenvalue weighted by Crippen LogP contribution is 2.36. The maximum absolute atomic E-state index is 13.0. The number of anilines is 1. The number of benzene rings is 2. The van der Waals surface area contributed by atoms with Gasteiger partial charge in [-0.05, 0) is 103 Å². The van der Waals surface area contributed by atoms with Gasteiger partial charge in [-0.25, -0.2) is 14.8 Å². The number of para-hydroxylation sites is 1. The third-order valence-corrected chi connectivity index (χ3v) is 8.68. The second-order valence-electron chi connectivity index (χ2n) is 14.9. The van der Waals surface area contributed by atoms with Crippen LogP contribution < -0.4 is 14.4 Å². The van der Waals surface area contributed by atoms with Crippen LogP contribution in [0.1, 0.15) is 77.1 Å². The molecule has 0 unspecified atom stereocenters. The molecule has 1 saturated heterocycles. The summed E-state index contributed by atoms with van der Waals surface area (Å²) in [5.41, 5.74) is 4.55. The Balaban J connectivity index is 1.33. The third-order valence-electron chi connectivity index (χ3n) is 8.68. The maximum Gasteiger partial charge on any atom is 0.410 e. The highest BCUT2D eigenvalue weighted by Gasteiger charge is 2.38. The van der Waals surface area contributed by atoms with E-state index < -0.39 is 11.2 Å². The molecule has 0 N–H and O–H groups in total. The summed E-state index contributed by atoms with van der Waals surface area (Å²) in [7, 11) is 1.65. The number of fused-ring (bicyclic) bond motifs is 1.